The second kappa shape index (κ2) is 6.57. The number of thiocarbonyl (C=S) groups is 1. The Labute approximate surface area is 133 Å². The van der Waals surface area contributed by atoms with Crippen LogP contribution in [-0.4, -0.2) is 34.0 Å². The average molecular weight is 359 g/mol. The molecular formula is C14H19BrN2S2. The van der Waals surface area contributed by atoms with E-state index in [0.29, 0.717) is 4.99 Å². The van der Waals surface area contributed by atoms with Gasteiger partial charge in [-0.1, -0.05) is 40.3 Å². The Hall–Kier alpha value is -0.100. The van der Waals surface area contributed by atoms with Gasteiger partial charge in [0.05, 0.1) is 9.74 Å². The summed E-state index contributed by atoms with van der Waals surface area (Å²) in [5.41, 5.74) is 7.26. The van der Waals surface area contributed by atoms with E-state index < -0.39 is 0 Å². The van der Waals surface area contributed by atoms with Gasteiger partial charge in [-0.05, 0) is 36.8 Å². The molecular weight excluding hydrogens is 340 g/mol. The first kappa shape index (κ1) is 15.3. The number of nitrogens with two attached hydrogens (primary N) is 1. The van der Waals surface area contributed by atoms with Crippen LogP contribution >= 0.6 is 39.9 Å². The fourth-order valence-corrected chi connectivity index (χ4v) is 4.21. The van der Waals surface area contributed by atoms with E-state index in [1.54, 1.807) is 0 Å². The van der Waals surface area contributed by atoms with Gasteiger partial charge in [0.25, 0.3) is 0 Å². The highest BCUT2D eigenvalue weighted by molar-refractivity contribution is 9.10. The summed E-state index contributed by atoms with van der Waals surface area (Å²) in [6.45, 7) is 3.12. The molecule has 1 aliphatic heterocycles. The van der Waals surface area contributed by atoms with Gasteiger partial charge in [0.15, 0.2) is 0 Å². The summed E-state index contributed by atoms with van der Waals surface area (Å²) >= 11 is 10.6. The lowest BCUT2D eigenvalue weighted by molar-refractivity contribution is 0.212. The molecule has 0 aliphatic carbocycles. The van der Waals surface area contributed by atoms with E-state index in [-0.39, 0.29) is 4.75 Å². The summed E-state index contributed by atoms with van der Waals surface area (Å²) in [5, 5.41) is 0. The van der Waals surface area contributed by atoms with Crippen LogP contribution in [0.2, 0.25) is 0 Å². The topological polar surface area (TPSA) is 29.3 Å². The molecule has 104 valence electrons. The number of likely N-dealkylation sites (tertiary alicyclic amines) is 1. The predicted molar refractivity (Wildman–Crippen MR) is 91.7 cm³/mol. The number of rotatable bonds is 4. The second-order valence-electron chi connectivity index (χ2n) is 4.97. The Bertz CT molecular complexity index is 457. The average Bonchev–Trinajstić information content (AvgIpc) is 2.39. The minimum Gasteiger partial charge on any atom is -0.392 e. The SMILES string of the molecule is CSC1(C(N)=S)CCN(Cc2cccc(Br)c2)CC1. The fourth-order valence-electron chi connectivity index (χ4n) is 2.52. The summed E-state index contributed by atoms with van der Waals surface area (Å²) in [5.74, 6) is 0. The number of benzene rings is 1. The van der Waals surface area contributed by atoms with E-state index in [1.165, 1.54) is 5.56 Å². The van der Waals surface area contributed by atoms with E-state index in [2.05, 4.69) is 51.4 Å². The van der Waals surface area contributed by atoms with Crippen molar-refractivity contribution >= 4 is 44.9 Å². The van der Waals surface area contributed by atoms with Crippen LogP contribution in [0.1, 0.15) is 18.4 Å². The number of hydrogen-bond donors (Lipinski definition) is 1. The van der Waals surface area contributed by atoms with Crippen LogP contribution in [0.5, 0.6) is 0 Å². The fraction of sp³-hybridized carbons (Fsp3) is 0.500. The van der Waals surface area contributed by atoms with Crippen molar-refractivity contribution in [2.24, 2.45) is 5.73 Å². The standard InChI is InChI=1S/C14H19BrN2S2/c1-19-14(13(16)18)5-7-17(8-6-14)10-11-3-2-4-12(15)9-11/h2-4,9H,5-8,10H2,1H3,(H2,16,18). The molecule has 1 aliphatic rings. The number of nitrogens with zero attached hydrogens (tertiary/aromatic N) is 1. The highest BCUT2D eigenvalue weighted by Gasteiger charge is 2.36. The summed E-state index contributed by atoms with van der Waals surface area (Å²) in [6.07, 6.45) is 4.22. The zero-order valence-corrected chi connectivity index (χ0v) is 14.3. The van der Waals surface area contributed by atoms with E-state index >= 15 is 0 Å². The summed E-state index contributed by atoms with van der Waals surface area (Å²) < 4.78 is 1.16. The van der Waals surface area contributed by atoms with Gasteiger partial charge in [0, 0.05) is 24.1 Å². The normalized spacial score (nSPS) is 19.3. The number of thioether (sulfide) groups is 1. The molecule has 2 N–H and O–H groups in total. The quantitative estimate of drug-likeness (QED) is 0.834. The highest BCUT2D eigenvalue weighted by atomic mass is 79.9. The van der Waals surface area contributed by atoms with E-state index in [0.717, 1.165) is 36.9 Å². The van der Waals surface area contributed by atoms with E-state index in [9.17, 15) is 0 Å². The molecule has 0 spiro atoms. The van der Waals surface area contributed by atoms with Crippen LogP contribution in [-0.2, 0) is 6.54 Å². The molecule has 0 aromatic heterocycles. The summed E-state index contributed by atoms with van der Waals surface area (Å²) in [7, 11) is 0. The summed E-state index contributed by atoms with van der Waals surface area (Å²) in [6, 6.07) is 8.51. The molecule has 19 heavy (non-hydrogen) atoms. The predicted octanol–water partition coefficient (Wildman–Crippen LogP) is 3.43. The minimum atomic E-state index is 0.0170. The Kier molecular flexibility index (Phi) is 5.29. The maximum atomic E-state index is 5.92. The van der Waals surface area contributed by atoms with Crippen molar-refractivity contribution < 1.29 is 0 Å². The van der Waals surface area contributed by atoms with Crippen molar-refractivity contribution in [1.82, 2.24) is 4.90 Å². The van der Waals surface area contributed by atoms with Gasteiger partial charge in [-0.15, -0.1) is 0 Å². The lowest BCUT2D eigenvalue weighted by atomic mass is 9.95. The van der Waals surface area contributed by atoms with Crippen LogP contribution in [0.15, 0.2) is 28.7 Å². The van der Waals surface area contributed by atoms with Crippen LogP contribution in [0.25, 0.3) is 0 Å². The summed E-state index contributed by atoms with van der Waals surface area (Å²) in [4.78, 5) is 3.15. The monoisotopic (exact) mass is 358 g/mol. The molecule has 5 heteroatoms. The van der Waals surface area contributed by atoms with Crippen molar-refractivity contribution in [2.75, 3.05) is 19.3 Å². The minimum absolute atomic E-state index is 0.0170. The third kappa shape index (κ3) is 3.72. The van der Waals surface area contributed by atoms with Crippen molar-refractivity contribution in [2.45, 2.75) is 24.1 Å². The van der Waals surface area contributed by atoms with Crippen molar-refractivity contribution in [3.05, 3.63) is 34.3 Å². The third-order valence-corrected chi connectivity index (χ3v) is 6.22. The zero-order valence-electron chi connectivity index (χ0n) is 11.1. The van der Waals surface area contributed by atoms with Crippen LogP contribution in [0.3, 0.4) is 0 Å². The zero-order chi connectivity index (χ0) is 13.9. The number of piperidine rings is 1. The molecule has 1 aromatic rings. The van der Waals surface area contributed by atoms with E-state index in [4.69, 9.17) is 18.0 Å². The largest absolute Gasteiger partial charge is 0.392 e. The highest BCUT2D eigenvalue weighted by Crippen LogP contribution is 2.35. The van der Waals surface area contributed by atoms with Gasteiger partial charge >= 0.3 is 0 Å². The lowest BCUT2D eigenvalue weighted by Gasteiger charge is -2.40. The van der Waals surface area contributed by atoms with Gasteiger partial charge < -0.3 is 5.73 Å². The lowest BCUT2D eigenvalue weighted by Crippen LogP contribution is -2.48. The van der Waals surface area contributed by atoms with Gasteiger partial charge in [-0.2, -0.15) is 11.8 Å². The van der Waals surface area contributed by atoms with Gasteiger partial charge in [0.1, 0.15) is 0 Å². The molecule has 0 amide bonds. The van der Waals surface area contributed by atoms with Crippen molar-refractivity contribution in [1.29, 1.82) is 0 Å². The van der Waals surface area contributed by atoms with Gasteiger partial charge in [-0.3, -0.25) is 4.90 Å². The molecule has 0 atom stereocenters. The Morgan fingerprint density at radius 3 is 2.68 bits per heavy atom. The maximum Gasteiger partial charge on any atom is 0.0891 e. The molecule has 1 saturated heterocycles. The van der Waals surface area contributed by atoms with Crippen LogP contribution in [0.4, 0.5) is 0 Å². The number of hydrogen-bond acceptors (Lipinski definition) is 3. The number of halogens is 1. The molecule has 0 unspecified atom stereocenters. The molecule has 0 saturated carbocycles. The van der Waals surface area contributed by atoms with Crippen LogP contribution < -0.4 is 5.73 Å². The molecule has 1 aromatic carbocycles. The second-order valence-corrected chi connectivity index (χ2v) is 7.51. The Morgan fingerprint density at radius 2 is 2.16 bits per heavy atom. The van der Waals surface area contributed by atoms with Crippen molar-refractivity contribution in [3.8, 4) is 0 Å². The first-order chi connectivity index (χ1) is 9.05. The Balaban J connectivity index is 1.95. The molecule has 0 bridgehead atoms. The molecule has 2 nitrogen and oxygen atoms in total. The molecule has 2 rings (SSSR count). The third-order valence-electron chi connectivity index (χ3n) is 3.80. The van der Waals surface area contributed by atoms with E-state index in [1.807, 2.05) is 11.8 Å². The van der Waals surface area contributed by atoms with Gasteiger partial charge in [-0.25, -0.2) is 0 Å². The first-order valence-corrected chi connectivity index (χ1v) is 8.80. The Morgan fingerprint density at radius 1 is 1.47 bits per heavy atom. The molecule has 0 radical (unpaired) electrons. The van der Waals surface area contributed by atoms with Gasteiger partial charge in [0.2, 0.25) is 0 Å². The smallest absolute Gasteiger partial charge is 0.0891 e. The van der Waals surface area contributed by atoms with Crippen molar-refractivity contribution in [3.63, 3.8) is 0 Å². The molecule has 1 fully saturated rings. The maximum absolute atomic E-state index is 5.92. The molecule has 1 heterocycles. The first-order valence-electron chi connectivity index (χ1n) is 6.37. The van der Waals surface area contributed by atoms with Crippen LogP contribution in [0, 0.1) is 0 Å².